The van der Waals surface area contributed by atoms with Crippen LogP contribution in [0.4, 0.5) is 10.8 Å². The lowest BCUT2D eigenvalue weighted by molar-refractivity contribution is -0.138. The fraction of sp³-hybridized carbons (Fsp3) is 0.231. The lowest BCUT2D eigenvalue weighted by Gasteiger charge is -2.04. The highest BCUT2D eigenvalue weighted by atomic mass is 127. The van der Waals surface area contributed by atoms with Crippen molar-refractivity contribution in [3.05, 3.63) is 38.4 Å². The van der Waals surface area contributed by atoms with E-state index in [0.29, 0.717) is 6.42 Å². The standard InChI is InChI=1S/C13H11IN2O2S/c14-7-2-1-3-8(6-7)15-13-16-11-9(12(17)18)4-5-10(11)19-13/h1-3,6,9H,4-5H2,(H,15,16)(H,17,18). The van der Waals surface area contributed by atoms with Gasteiger partial charge in [0.05, 0.1) is 5.69 Å². The summed E-state index contributed by atoms with van der Waals surface area (Å²) in [6.07, 6.45) is 1.49. The molecule has 1 aromatic carbocycles. The minimum Gasteiger partial charge on any atom is -0.481 e. The number of thiazole rings is 1. The first kappa shape index (κ1) is 12.9. The van der Waals surface area contributed by atoms with Crippen molar-refractivity contribution in [1.82, 2.24) is 4.98 Å². The number of carboxylic acid groups (broad SMARTS) is 1. The van der Waals surface area contributed by atoms with Gasteiger partial charge < -0.3 is 10.4 Å². The van der Waals surface area contributed by atoms with Crippen molar-refractivity contribution in [2.45, 2.75) is 18.8 Å². The van der Waals surface area contributed by atoms with E-state index in [9.17, 15) is 4.79 Å². The van der Waals surface area contributed by atoms with E-state index in [0.717, 1.165) is 31.4 Å². The van der Waals surface area contributed by atoms with Gasteiger partial charge in [-0.1, -0.05) is 6.07 Å². The predicted octanol–water partition coefficient (Wildman–Crippen LogP) is 3.61. The molecule has 4 nitrogen and oxygen atoms in total. The maximum Gasteiger partial charge on any atom is 0.312 e. The summed E-state index contributed by atoms with van der Waals surface area (Å²) in [6.45, 7) is 0. The molecule has 0 fully saturated rings. The molecule has 0 saturated heterocycles. The molecule has 1 heterocycles. The average Bonchev–Trinajstić information content (AvgIpc) is 2.87. The predicted molar refractivity (Wildman–Crippen MR) is 83.3 cm³/mol. The maximum absolute atomic E-state index is 11.1. The topological polar surface area (TPSA) is 62.2 Å². The summed E-state index contributed by atoms with van der Waals surface area (Å²) in [5.41, 5.74) is 1.72. The van der Waals surface area contributed by atoms with Gasteiger partial charge in [-0.15, -0.1) is 11.3 Å². The number of rotatable bonds is 3. The molecular formula is C13H11IN2O2S. The number of carbonyl (C=O) groups is 1. The second-order valence-electron chi connectivity index (χ2n) is 4.39. The summed E-state index contributed by atoms with van der Waals surface area (Å²) in [7, 11) is 0. The Labute approximate surface area is 128 Å². The molecule has 0 amide bonds. The van der Waals surface area contributed by atoms with E-state index in [2.05, 4.69) is 32.9 Å². The van der Waals surface area contributed by atoms with Crippen molar-refractivity contribution in [2.75, 3.05) is 5.32 Å². The Kier molecular flexibility index (Phi) is 3.44. The van der Waals surface area contributed by atoms with Crippen LogP contribution in [0.15, 0.2) is 24.3 Å². The Morgan fingerprint density at radius 1 is 1.53 bits per heavy atom. The van der Waals surface area contributed by atoms with Gasteiger partial charge in [0.1, 0.15) is 5.92 Å². The lowest BCUT2D eigenvalue weighted by Crippen LogP contribution is -2.08. The maximum atomic E-state index is 11.1. The molecule has 1 aliphatic carbocycles. The zero-order valence-electron chi connectivity index (χ0n) is 9.89. The number of aryl methyl sites for hydroxylation is 1. The van der Waals surface area contributed by atoms with E-state index in [4.69, 9.17) is 5.11 Å². The highest BCUT2D eigenvalue weighted by Gasteiger charge is 2.32. The summed E-state index contributed by atoms with van der Waals surface area (Å²) in [5.74, 6) is -1.21. The molecule has 6 heteroatoms. The normalized spacial score (nSPS) is 17.2. The minimum absolute atomic E-state index is 0.433. The molecule has 2 N–H and O–H groups in total. The molecule has 1 atom stereocenters. The smallest absolute Gasteiger partial charge is 0.312 e. The third-order valence-electron chi connectivity index (χ3n) is 3.09. The molecule has 0 radical (unpaired) electrons. The van der Waals surface area contributed by atoms with E-state index in [1.807, 2.05) is 24.3 Å². The first-order valence-corrected chi connectivity index (χ1v) is 7.78. The molecule has 3 rings (SSSR count). The van der Waals surface area contributed by atoms with E-state index >= 15 is 0 Å². The average molecular weight is 386 g/mol. The van der Waals surface area contributed by atoms with Crippen LogP contribution in [0.2, 0.25) is 0 Å². The molecule has 19 heavy (non-hydrogen) atoms. The Balaban J connectivity index is 1.85. The van der Waals surface area contributed by atoms with Crippen molar-refractivity contribution in [3.8, 4) is 0 Å². The molecule has 1 aromatic heterocycles. The highest BCUT2D eigenvalue weighted by molar-refractivity contribution is 14.1. The molecule has 1 aliphatic rings. The zero-order valence-corrected chi connectivity index (χ0v) is 12.9. The van der Waals surface area contributed by atoms with E-state index in [1.165, 1.54) is 0 Å². The van der Waals surface area contributed by atoms with E-state index in [1.54, 1.807) is 11.3 Å². The van der Waals surface area contributed by atoms with Gasteiger partial charge in [-0.25, -0.2) is 4.98 Å². The van der Waals surface area contributed by atoms with E-state index in [-0.39, 0.29) is 0 Å². The van der Waals surface area contributed by atoms with Gasteiger partial charge in [0.15, 0.2) is 5.13 Å². The third kappa shape index (κ3) is 2.59. The van der Waals surface area contributed by atoms with Crippen LogP contribution in [0.25, 0.3) is 0 Å². The van der Waals surface area contributed by atoms with Crippen LogP contribution in [-0.2, 0) is 11.2 Å². The summed E-state index contributed by atoms with van der Waals surface area (Å²) in [5, 5.41) is 13.2. The second kappa shape index (κ2) is 5.09. The molecule has 0 bridgehead atoms. The van der Waals surface area contributed by atoms with Crippen molar-refractivity contribution in [1.29, 1.82) is 0 Å². The van der Waals surface area contributed by atoms with Crippen LogP contribution in [0.1, 0.15) is 22.9 Å². The number of halogens is 1. The van der Waals surface area contributed by atoms with Gasteiger partial charge in [-0.3, -0.25) is 4.79 Å². The summed E-state index contributed by atoms with van der Waals surface area (Å²) in [6, 6.07) is 8.00. The molecule has 2 aromatic rings. The quantitative estimate of drug-likeness (QED) is 0.792. The minimum atomic E-state index is -0.773. The van der Waals surface area contributed by atoms with Gasteiger partial charge in [-0.05, 0) is 53.6 Å². The summed E-state index contributed by atoms with van der Waals surface area (Å²) < 4.78 is 1.15. The van der Waals surface area contributed by atoms with Crippen LogP contribution >= 0.6 is 33.9 Å². The van der Waals surface area contributed by atoms with Crippen LogP contribution in [0.5, 0.6) is 0 Å². The van der Waals surface area contributed by atoms with Crippen LogP contribution in [0.3, 0.4) is 0 Å². The SMILES string of the molecule is O=C(O)C1CCc2sc(Nc3cccc(I)c3)nc21. The number of aromatic nitrogens is 1. The van der Waals surface area contributed by atoms with Crippen molar-refractivity contribution < 1.29 is 9.90 Å². The number of nitrogens with one attached hydrogen (secondary N) is 1. The van der Waals surface area contributed by atoms with E-state index < -0.39 is 11.9 Å². The number of nitrogens with zero attached hydrogens (tertiary/aromatic N) is 1. The number of carboxylic acids is 1. The number of aliphatic carboxylic acids is 1. The number of anilines is 2. The molecule has 0 aliphatic heterocycles. The van der Waals surface area contributed by atoms with Gasteiger partial charge >= 0.3 is 5.97 Å². The number of fused-ring (bicyclic) bond motifs is 1. The fourth-order valence-corrected chi connectivity index (χ4v) is 3.81. The Hall–Kier alpha value is -1.15. The largest absolute Gasteiger partial charge is 0.481 e. The van der Waals surface area contributed by atoms with Crippen LogP contribution < -0.4 is 5.32 Å². The van der Waals surface area contributed by atoms with Crippen LogP contribution in [0, 0.1) is 3.57 Å². The highest BCUT2D eigenvalue weighted by Crippen LogP contribution is 2.39. The Bertz CT molecular complexity index is 641. The zero-order chi connectivity index (χ0) is 13.4. The Morgan fingerprint density at radius 2 is 2.37 bits per heavy atom. The third-order valence-corrected chi connectivity index (χ3v) is 4.81. The molecule has 1 unspecified atom stereocenters. The number of benzene rings is 1. The summed E-state index contributed by atoms with van der Waals surface area (Å²) in [4.78, 5) is 16.7. The molecular weight excluding hydrogens is 375 g/mol. The van der Waals surface area contributed by atoms with Gasteiger partial charge in [-0.2, -0.15) is 0 Å². The molecule has 0 spiro atoms. The first-order valence-electron chi connectivity index (χ1n) is 5.88. The van der Waals surface area contributed by atoms with Crippen molar-refractivity contribution in [3.63, 3.8) is 0 Å². The van der Waals surface area contributed by atoms with Crippen molar-refractivity contribution >= 4 is 50.7 Å². The van der Waals surface area contributed by atoms with Gasteiger partial charge in [0.2, 0.25) is 0 Å². The van der Waals surface area contributed by atoms with Gasteiger partial charge in [0.25, 0.3) is 0 Å². The first-order chi connectivity index (χ1) is 9.13. The second-order valence-corrected chi connectivity index (χ2v) is 6.72. The van der Waals surface area contributed by atoms with Gasteiger partial charge in [0, 0.05) is 14.1 Å². The molecule has 0 saturated carbocycles. The summed E-state index contributed by atoms with van der Waals surface area (Å²) >= 11 is 3.81. The lowest BCUT2D eigenvalue weighted by atomic mass is 10.1. The number of hydrogen-bond donors (Lipinski definition) is 2. The fourth-order valence-electron chi connectivity index (χ4n) is 2.21. The van der Waals surface area contributed by atoms with Crippen LogP contribution in [-0.4, -0.2) is 16.1 Å². The van der Waals surface area contributed by atoms with Crippen molar-refractivity contribution in [2.24, 2.45) is 0 Å². The number of hydrogen-bond acceptors (Lipinski definition) is 4. The molecule has 98 valence electrons. The monoisotopic (exact) mass is 386 g/mol. The Morgan fingerprint density at radius 3 is 3.11 bits per heavy atom.